The fourth-order valence-electron chi connectivity index (χ4n) is 4.43. The normalized spacial score (nSPS) is 18.1. The Morgan fingerprint density at radius 3 is 2.43 bits per heavy atom. The van der Waals surface area contributed by atoms with Crippen molar-refractivity contribution in [1.29, 1.82) is 0 Å². The van der Waals surface area contributed by atoms with Gasteiger partial charge in [-0.15, -0.1) is 0 Å². The van der Waals surface area contributed by atoms with E-state index in [1.165, 1.54) is 0 Å². The van der Waals surface area contributed by atoms with E-state index in [1.807, 2.05) is 27.7 Å². The second-order valence-electron chi connectivity index (χ2n) is 8.02. The van der Waals surface area contributed by atoms with Crippen LogP contribution in [0.5, 0.6) is 0 Å². The maximum atomic E-state index is 13.1. The first-order valence-corrected chi connectivity index (χ1v) is 9.58. The van der Waals surface area contributed by atoms with Gasteiger partial charge in [-0.1, -0.05) is 0 Å². The molecular weight excluding hydrogens is 356 g/mol. The highest BCUT2D eigenvalue weighted by molar-refractivity contribution is 5.94. The Balaban J connectivity index is 1.62. The van der Waals surface area contributed by atoms with E-state index in [-0.39, 0.29) is 17.4 Å². The molecule has 0 saturated carbocycles. The lowest BCUT2D eigenvalue weighted by Gasteiger charge is -2.46. The van der Waals surface area contributed by atoms with Gasteiger partial charge in [0.05, 0.1) is 5.69 Å². The molecular formula is C20H26N6O2. The maximum absolute atomic E-state index is 13.1. The predicted molar refractivity (Wildman–Crippen MR) is 104 cm³/mol. The molecule has 0 aliphatic carbocycles. The number of hydrogen-bond acceptors (Lipinski definition) is 4. The van der Waals surface area contributed by atoms with Crippen LogP contribution in [0.4, 0.5) is 4.79 Å². The molecule has 0 N–H and O–H groups in total. The third-order valence-electron chi connectivity index (χ3n) is 5.85. The third-order valence-corrected chi connectivity index (χ3v) is 5.85. The summed E-state index contributed by atoms with van der Waals surface area (Å²) >= 11 is 0. The zero-order valence-corrected chi connectivity index (χ0v) is 16.6. The minimum absolute atomic E-state index is 0.0167. The van der Waals surface area contributed by atoms with Crippen LogP contribution < -0.4 is 0 Å². The van der Waals surface area contributed by atoms with E-state index in [9.17, 15) is 9.59 Å². The number of aromatic nitrogens is 3. The van der Waals surface area contributed by atoms with Crippen LogP contribution in [0.2, 0.25) is 0 Å². The monoisotopic (exact) mass is 382 g/mol. The van der Waals surface area contributed by atoms with Crippen molar-refractivity contribution in [2.45, 2.75) is 24.8 Å². The molecule has 2 aromatic rings. The second kappa shape index (κ2) is 6.92. The molecule has 4 heterocycles. The second-order valence-corrected chi connectivity index (χ2v) is 8.02. The number of piperidine rings is 1. The van der Waals surface area contributed by atoms with Gasteiger partial charge in [-0.25, -0.2) is 4.79 Å². The lowest BCUT2D eigenvalue weighted by molar-refractivity contribution is 0.0584. The van der Waals surface area contributed by atoms with Crippen LogP contribution in [0.3, 0.4) is 0 Å². The number of rotatable bonds is 1. The first-order valence-electron chi connectivity index (χ1n) is 9.58. The number of hydrogen-bond donors (Lipinski definition) is 0. The van der Waals surface area contributed by atoms with Gasteiger partial charge < -0.3 is 14.7 Å². The topological polar surface area (TPSA) is 74.6 Å². The Morgan fingerprint density at radius 2 is 1.79 bits per heavy atom. The Labute approximate surface area is 164 Å². The lowest BCUT2D eigenvalue weighted by Crippen LogP contribution is -2.55. The number of aryl methyl sites for hydroxylation is 1. The first kappa shape index (κ1) is 18.5. The molecule has 148 valence electrons. The predicted octanol–water partition coefficient (Wildman–Crippen LogP) is 1.49. The van der Waals surface area contributed by atoms with Crippen molar-refractivity contribution in [3.63, 3.8) is 0 Å². The Hall–Kier alpha value is -2.90. The minimum atomic E-state index is -0.208. The third kappa shape index (κ3) is 3.12. The molecule has 1 fully saturated rings. The molecule has 28 heavy (non-hydrogen) atoms. The molecule has 3 amide bonds. The fourth-order valence-corrected chi connectivity index (χ4v) is 4.43. The van der Waals surface area contributed by atoms with E-state index in [2.05, 4.69) is 4.98 Å². The average Bonchev–Trinajstić information content (AvgIpc) is 3.09. The van der Waals surface area contributed by atoms with Crippen LogP contribution in [0.1, 0.15) is 34.5 Å². The van der Waals surface area contributed by atoms with Crippen LogP contribution in [0.15, 0.2) is 30.7 Å². The van der Waals surface area contributed by atoms with Crippen LogP contribution >= 0.6 is 0 Å². The van der Waals surface area contributed by atoms with E-state index in [0.29, 0.717) is 31.7 Å². The zero-order chi connectivity index (χ0) is 19.9. The van der Waals surface area contributed by atoms with E-state index >= 15 is 0 Å². The smallest absolute Gasteiger partial charge is 0.319 e. The molecule has 4 rings (SSSR count). The molecule has 0 unspecified atom stereocenters. The molecule has 0 bridgehead atoms. The molecule has 1 spiro atoms. The number of urea groups is 1. The van der Waals surface area contributed by atoms with Gasteiger partial charge >= 0.3 is 6.03 Å². The van der Waals surface area contributed by atoms with Gasteiger partial charge in [0.2, 0.25) is 0 Å². The standard InChI is InChI=1S/C20H26N6O2/c1-23(2)19(28)25-10-6-20(7-11-25)14-26(13-16-12-24(3)22-17(16)20)18(27)15-4-8-21-9-5-15/h4-5,8-9,12H,6-7,10-11,13-14H2,1-3H3. The van der Waals surface area contributed by atoms with Crippen LogP contribution in [-0.4, -0.2) is 75.1 Å². The van der Waals surface area contributed by atoms with Gasteiger partial charge in [0, 0.05) is 82.5 Å². The summed E-state index contributed by atoms with van der Waals surface area (Å²) in [4.78, 5) is 34.9. The van der Waals surface area contributed by atoms with Crippen molar-refractivity contribution >= 4 is 11.9 Å². The number of carbonyl (C=O) groups excluding carboxylic acids is 2. The van der Waals surface area contributed by atoms with Gasteiger partial charge in [0.1, 0.15) is 0 Å². The highest BCUT2D eigenvalue weighted by atomic mass is 16.2. The molecule has 2 aromatic heterocycles. The van der Waals surface area contributed by atoms with Crippen LogP contribution in [0.25, 0.3) is 0 Å². The zero-order valence-electron chi connectivity index (χ0n) is 16.6. The number of amides is 3. The molecule has 2 aliphatic rings. The van der Waals surface area contributed by atoms with Crippen molar-refractivity contribution in [2.75, 3.05) is 33.7 Å². The average molecular weight is 382 g/mol. The summed E-state index contributed by atoms with van der Waals surface area (Å²) in [6.45, 7) is 2.53. The summed E-state index contributed by atoms with van der Waals surface area (Å²) < 4.78 is 1.84. The number of pyridine rings is 1. The van der Waals surface area contributed by atoms with Gasteiger partial charge in [0.15, 0.2) is 0 Å². The van der Waals surface area contributed by atoms with Crippen LogP contribution in [0, 0.1) is 0 Å². The van der Waals surface area contributed by atoms with Gasteiger partial charge in [0.25, 0.3) is 5.91 Å². The minimum Gasteiger partial charge on any atom is -0.333 e. The van der Waals surface area contributed by atoms with E-state index < -0.39 is 0 Å². The van der Waals surface area contributed by atoms with Crippen molar-refractivity contribution in [3.05, 3.63) is 47.5 Å². The summed E-state index contributed by atoms with van der Waals surface area (Å²) in [6, 6.07) is 3.55. The maximum Gasteiger partial charge on any atom is 0.319 e. The lowest BCUT2D eigenvalue weighted by atomic mass is 9.72. The molecule has 2 aliphatic heterocycles. The fraction of sp³-hybridized carbons (Fsp3) is 0.500. The van der Waals surface area contributed by atoms with Crippen molar-refractivity contribution < 1.29 is 9.59 Å². The highest BCUT2D eigenvalue weighted by Gasteiger charge is 2.46. The molecule has 0 atom stereocenters. The molecule has 0 radical (unpaired) electrons. The summed E-state index contributed by atoms with van der Waals surface area (Å²) in [6.07, 6.45) is 6.91. The quantitative estimate of drug-likeness (QED) is 0.749. The van der Waals surface area contributed by atoms with E-state index in [1.54, 1.807) is 43.5 Å². The highest BCUT2D eigenvalue weighted by Crippen LogP contribution is 2.41. The Bertz CT molecular complexity index is 883. The van der Waals surface area contributed by atoms with Gasteiger partial charge in [-0.3, -0.25) is 14.5 Å². The van der Waals surface area contributed by atoms with Crippen molar-refractivity contribution in [3.8, 4) is 0 Å². The summed E-state index contributed by atoms with van der Waals surface area (Å²) in [5.74, 6) is 0.0167. The van der Waals surface area contributed by atoms with Crippen molar-refractivity contribution in [2.24, 2.45) is 7.05 Å². The van der Waals surface area contributed by atoms with E-state index in [0.717, 1.165) is 24.1 Å². The van der Waals surface area contributed by atoms with Gasteiger partial charge in [-0.2, -0.15) is 5.10 Å². The summed E-state index contributed by atoms with van der Waals surface area (Å²) in [5, 5.41) is 4.75. The number of fused-ring (bicyclic) bond motifs is 2. The van der Waals surface area contributed by atoms with Gasteiger partial charge in [-0.05, 0) is 25.0 Å². The SMILES string of the molecule is CN(C)C(=O)N1CCC2(CC1)CN(C(=O)c1ccncc1)Cc1cn(C)nc12. The number of likely N-dealkylation sites (tertiary alicyclic amines) is 1. The van der Waals surface area contributed by atoms with E-state index in [4.69, 9.17) is 5.10 Å². The summed E-state index contributed by atoms with van der Waals surface area (Å²) in [5.41, 5.74) is 2.63. The molecule has 8 heteroatoms. The first-order chi connectivity index (χ1) is 13.4. The molecule has 0 aromatic carbocycles. The Kier molecular flexibility index (Phi) is 4.56. The Morgan fingerprint density at radius 1 is 1.11 bits per heavy atom. The largest absolute Gasteiger partial charge is 0.333 e. The number of carbonyl (C=O) groups is 2. The number of nitrogens with zero attached hydrogens (tertiary/aromatic N) is 6. The van der Waals surface area contributed by atoms with Crippen LogP contribution in [-0.2, 0) is 19.0 Å². The molecule has 8 nitrogen and oxygen atoms in total. The van der Waals surface area contributed by atoms with Crippen molar-refractivity contribution in [1.82, 2.24) is 29.5 Å². The summed E-state index contributed by atoms with van der Waals surface area (Å²) in [7, 11) is 5.48. The molecule has 1 saturated heterocycles.